The summed E-state index contributed by atoms with van der Waals surface area (Å²) in [5.74, 6) is 0.507. The molecule has 0 unspecified atom stereocenters. The summed E-state index contributed by atoms with van der Waals surface area (Å²) in [5, 5.41) is 22.7. The molecule has 2 aromatic rings. The standard InChI is InChI=1S/C20H18BrN3O4/c1-13(2)12-28-17-6-3-14(4-7-17)9-15(11-22)20(25)23-19-8-5-16(24(26)27)10-18(19)21/h3-10,13H,12H2,1-2H3,(H,23,25)/b15-9+. The molecule has 0 spiro atoms. The minimum atomic E-state index is -0.614. The zero-order chi connectivity index (χ0) is 20.7. The maximum absolute atomic E-state index is 12.4. The first-order valence-corrected chi connectivity index (χ1v) is 9.19. The predicted molar refractivity (Wildman–Crippen MR) is 110 cm³/mol. The largest absolute Gasteiger partial charge is 0.493 e. The van der Waals surface area contributed by atoms with Gasteiger partial charge >= 0.3 is 0 Å². The number of halogens is 1. The number of anilines is 1. The summed E-state index contributed by atoms with van der Waals surface area (Å²) in [6.07, 6.45) is 1.46. The number of hydrogen-bond acceptors (Lipinski definition) is 5. The number of amides is 1. The van der Waals surface area contributed by atoms with Crippen LogP contribution in [-0.2, 0) is 4.79 Å². The fourth-order valence-electron chi connectivity index (χ4n) is 2.15. The van der Waals surface area contributed by atoms with Crippen LogP contribution in [0.1, 0.15) is 19.4 Å². The van der Waals surface area contributed by atoms with Gasteiger partial charge < -0.3 is 10.1 Å². The van der Waals surface area contributed by atoms with Gasteiger partial charge in [-0.3, -0.25) is 14.9 Å². The van der Waals surface area contributed by atoms with E-state index in [0.29, 0.717) is 34.0 Å². The Morgan fingerprint density at radius 2 is 2.00 bits per heavy atom. The summed E-state index contributed by atoms with van der Waals surface area (Å²) in [4.78, 5) is 22.6. The highest BCUT2D eigenvalue weighted by Gasteiger charge is 2.14. The lowest BCUT2D eigenvalue weighted by molar-refractivity contribution is -0.384. The van der Waals surface area contributed by atoms with Gasteiger partial charge in [0.05, 0.1) is 17.2 Å². The molecule has 0 aliphatic carbocycles. The molecule has 0 aliphatic heterocycles. The lowest BCUT2D eigenvalue weighted by Gasteiger charge is -2.09. The number of nitro benzene ring substituents is 1. The van der Waals surface area contributed by atoms with Gasteiger partial charge in [0.15, 0.2) is 0 Å². The molecule has 0 radical (unpaired) electrons. The van der Waals surface area contributed by atoms with E-state index >= 15 is 0 Å². The van der Waals surface area contributed by atoms with E-state index in [1.165, 1.54) is 24.3 Å². The molecule has 144 valence electrons. The molecule has 0 aliphatic rings. The van der Waals surface area contributed by atoms with Gasteiger partial charge in [-0.1, -0.05) is 26.0 Å². The number of carbonyl (C=O) groups is 1. The van der Waals surface area contributed by atoms with Crippen molar-refractivity contribution in [2.75, 3.05) is 11.9 Å². The number of nitrogens with zero attached hydrogens (tertiary/aromatic N) is 2. The van der Waals surface area contributed by atoms with Crippen LogP contribution in [0.5, 0.6) is 5.75 Å². The number of hydrogen-bond donors (Lipinski definition) is 1. The average Bonchev–Trinajstić information content (AvgIpc) is 2.66. The summed E-state index contributed by atoms with van der Waals surface area (Å²) in [6.45, 7) is 4.71. The van der Waals surface area contributed by atoms with Crippen molar-refractivity contribution in [2.24, 2.45) is 5.92 Å². The quantitative estimate of drug-likeness (QED) is 0.282. The number of carbonyl (C=O) groups excluding carboxylic acids is 1. The Kier molecular flexibility index (Phi) is 7.29. The third kappa shape index (κ3) is 5.93. The molecule has 8 heteroatoms. The molecule has 2 aromatic carbocycles. The van der Waals surface area contributed by atoms with Crippen molar-refractivity contribution in [3.8, 4) is 11.8 Å². The van der Waals surface area contributed by atoms with Crippen LogP contribution in [0.3, 0.4) is 0 Å². The van der Waals surface area contributed by atoms with Crippen molar-refractivity contribution in [3.63, 3.8) is 0 Å². The second-order valence-corrected chi connectivity index (χ2v) is 7.17. The molecule has 0 heterocycles. The van der Waals surface area contributed by atoms with Crippen LogP contribution in [0, 0.1) is 27.4 Å². The van der Waals surface area contributed by atoms with Gasteiger partial charge in [0.1, 0.15) is 17.4 Å². The molecule has 0 saturated heterocycles. The molecule has 2 rings (SSSR count). The molecule has 0 saturated carbocycles. The van der Waals surface area contributed by atoms with E-state index in [0.717, 1.165) is 0 Å². The molecular weight excluding hydrogens is 426 g/mol. The number of ether oxygens (including phenoxy) is 1. The number of nitriles is 1. The highest BCUT2D eigenvalue weighted by atomic mass is 79.9. The molecule has 0 bridgehead atoms. The SMILES string of the molecule is CC(C)COc1ccc(/C=C(\C#N)C(=O)Nc2ccc([N+](=O)[O-])cc2Br)cc1. The first-order chi connectivity index (χ1) is 13.3. The van der Waals surface area contributed by atoms with Crippen LogP contribution in [0.4, 0.5) is 11.4 Å². The van der Waals surface area contributed by atoms with Crippen LogP contribution in [0.2, 0.25) is 0 Å². The van der Waals surface area contributed by atoms with Crippen molar-refractivity contribution in [1.29, 1.82) is 5.26 Å². The highest BCUT2D eigenvalue weighted by Crippen LogP contribution is 2.27. The van der Waals surface area contributed by atoms with Gasteiger partial charge in [-0.05, 0) is 51.7 Å². The van der Waals surface area contributed by atoms with Gasteiger partial charge in [-0.2, -0.15) is 5.26 Å². The third-order valence-electron chi connectivity index (χ3n) is 3.55. The zero-order valence-corrected chi connectivity index (χ0v) is 16.9. The Balaban J connectivity index is 2.13. The van der Waals surface area contributed by atoms with E-state index in [-0.39, 0.29) is 11.3 Å². The van der Waals surface area contributed by atoms with Crippen molar-refractivity contribution >= 4 is 39.3 Å². The maximum Gasteiger partial charge on any atom is 0.270 e. The molecule has 0 aromatic heterocycles. The number of rotatable bonds is 7. The molecular formula is C20H18BrN3O4. The van der Waals surface area contributed by atoms with Gasteiger partial charge in [0.2, 0.25) is 0 Å². The van der Waals surface area contributed by atoms with E-state index in [4.69, 9.17) is 4.74 Å². The lowest BCUT2D eigenvalue weighted by atomic mass is 10.1. The monoisotopic (exact) mass is 443 g/mol. The van der Waals surface area contributed by atoms with E-state index in [9.17, 15) is 20.2 Å². The minimum absolute atomic E-state index is 0.0962. The van der Waals surface area contributed by atoms with Crippen LogP contribution in [-0.4, -0.2) is 17.4 Å². The lowest BCUT2D eigenvalue weighted by Crippen LogP contribution is -2.13. The van der Waals surface area contributed by atoms with Crippen LogP contribution in [0.25, 0.3) is 6.08 Å². The minimum Gasteiger partial charge on any atom is -0.493 e. The predicted octanol–water partition coefficient (Wildman–Crippen LogP) is 4.94. The maximum atomic E-state index is 12.4. The topological polar surface area (TPSA) is 105 Å². The van der Waals surface area contributed by atoms with Crippen molar-refractivity contribution < 1.29 is 14.5 Å². The Labute approximate surface area is 170 Å². The molecule has 7 nitrogen and oxygen atoms in total. The highest BCUT2D eigenvalue weighted by molar-refractivity contribution is 9.10. The van der Waals surface area contributed by atoms with Crippen molar-refractivity contribution in [1.82, 2.24) is 0 Å². The van der Waals surface area contributed by atoms with Crippen LogP contribution >= 0.6 is 15.9 Å². The zero-order valence-electron chi connectivity index (χ0n) is 15.3. The first kappa shape index (κ1) is 21.1. The second-order valence-electron chi connectivity index (χ2n) is 6.32. The molecule has 1 amide bonds. The van der Waals surface area contributed by atoms with E-state index in [1.807, 2.05) is 6.07 Å². The van der Waals surface area contributed by atoms with Gasteiger partial charge in [-0.15, -0.1) is 0 Å². The molecule has 0 atom stereocenters. The first-order valence-electron chi connectivity index (χ1n) is 8.40. The van der Waals surface area contributed by atoms with E-state index in [2.05, 4.69) is 35.1 Å². The Bertz CT molecular complexity index is 947. The van der Waals surface area contributed by atoms with Crippen molar-refractivity contribution in [2.45, 2.75) is 13.8 Å². The Morgan fingerprint density at radius 3 is 2.54 bits per heavy atom. The van der Waals surface area contributed by atoms with Crippen LogP contribution < -0.4 is 10.1 Å². The molecule has 28 heavy (non-hydrogen) atoms. The van der Waals surface area contributed by atoms with Gasteiger partial charge in [-0.25, -0.2) is 0 Å². The Morgan fingerprint density at radius 1 is 1.32 bits per heavy atom. The van der Waals surface area contributed by atoms with E-state index in [1.54, 1.807) is 24.3 Å². The van der Waals surface area contributed by atoms with Crippen LogP contribution in [0.15, 0.2) is 52.5 Å². The summed E-state index contributed by atoms with van der Waals surface area (Å²) in [7, 11) is 0. The normalized spacial score (nSPS) is 11.0. The summed E-state index contributed by atoms with van der Waals surface area (Å²) >= 11 is 3.18. The Hall–Kier alpha value is -3.18. The number of nitro groups is 1. The summed E-state index contributed by atoms with van der Waals surface area (Å²) in [5.41, 5.74) is 0.794. The third-order valence-corrected chi connectivity index (χ3v) is 4.21. The fraction of sp³-hybridized carbons (Fsp3) is 0.200. The number of benzene rings is 2. The van der Waals surface area contributed by atoms with Gasteiger partial charge in [0, 0.05) is 16.6 Å². The van der Waals surface area contributed by atoms with Crippen molar-refractivity contribution in [3.05, 3.63) is 68.2 Å². The molecule has 0 fully saturated rings. The molecule has 1 N–H and O–H groups in total. The van der Waals surface area contributed by atoms with E-state index < -0.39 is 10.8 Å². The fourth-order valence-corrected chi connectivity index (χ4v) is 2.61. The summed E-state index contributed by atoms with van der Waals surface area (Å²) < 4.78 is 5.95. The number of nitrogens with one attached hydrogen (secondary N) is 1. The number of non-ortho nitro benzene ring substituents is 1. The second kappa shape index (κ2) is 9.67. The smallest absolute Gasteiger partial charge is 0.270 e. The average molecular weight is 444 g/mol. The summed E-state index contributed by atoms with van der Waals surface area (Å²) in [6, 6.07) is 12.9. The van der Waals surface area contributed by atoms with Gasteiger partial charge in [0.25, 0.3) is 11.6 Å².